The van der Waals surface area contributed by atoms with Crippen LogP contribution in [0.5, 0.6) is 0 Å². The molecule has 0 spiro atoms. The van der Waals surface area contributed by atoms with Gasteiger partial charge < -0.3 is 0 Å². The van der Waals surface area contributed by atoms with Crippen molar-refractivity contribution in [3.8, 4) is 0 Å². The second-order valence-corrected chi connectivity index (χ2v) is 4.95. The Morgan fingerprint density at radius 3 is 0.583 bits per heavy atom. The van der Waals surface area contributed by atoms with Crippen molar-refractivity contribution < 1.29 is 65.9 Å². The summed E-state index contributed by atoms with van der Waals surface area (Å²) < 4.78 is 191. The summed E-state index contributed by atoms with van der Waals surface area (Å²) in [6, 6.07) is 0. The van der Waals surface area contributed by atoms with E-state index in [0.717, 1.165) is 0 Å². The van der Waals surface area contributed by atoms with Crippen LogP contribution in [0.4, 0.5) is 65.9 Å². The van der Waals surface area contributed by atoms with Gasteiger partial charge in [0, 0.05) is 0 Å². The molecule has 0 saturated heterocycles. The second-order valence-electron chi connectivity index (χ2n) is 4.95. The van der Waals surface area contributed by atoms with Crippen molar-refractivity contribution in [1.29, 1.82) is 0 Å². The van der Waals surface area contributed by atoms with Gasteiger partial charge in [-0.1, -0.05) is 0 Å². The van der Waals surface area contributed by atoms with Crippen molar-refractivity contribution in [1.82, 2.24) is 0 Å². The molecule has 1 aliphatic carbocycles. The summed E-state index contributed by atoms with van der Waals surface area (Å²) in [7, 11) is 0. The quantitative estimate of drug-likeness (QED) is 0.479. The lowest BCUT2D eigenvalue weighted by atomic mass is 9.66. The van der Waals surface area contributed by atoms with Crippen LogP contribution in [0.25, 0.3) is 0 Å². The van der Waals surface area contributed by atoms with Gasteiger partial charge in [-0.15, -0.1) is 0 Å². The Balaban J connectivity index is 3.85. The molecule has 0 aromatic rings. The van der Waals surface area contributed by atoms with Crippen molar-refractivity contribution in [3.63, 3.8) is 0 Å². The molecule has 0 aromatic heterocycles. The summed E-state index contributed by atoms with van der Waals surface area (Å²) in [5.41, 5.74) is 0. The standard InChI is InChI=1S/C9H3F15/c10-4(11)1(7(16,17)18)5(12,13)3(9(22,23)24)6(14,15)2(4)8(19,20)21/h1-3H. The minimum Gasteiger partial charge on any atom is -0.205 e. The van der Waals surface area contributed by atoms with E-state index in [2.05, 4.69) is 0 Å². The fraction of sp³-hybridized carbons (Fsp3) is 1.00. The first kappa shape index (κ1) is 21.0. The van der Waals surface area contributed by atoms with Gasteiger partial charge in [0.05, 0.1) is 0 Å². The van der Waals surface area contributed by atoms with Gasteiger partial charge in [0.25, 0.3) is 17.8 Å². The first-order valence-electron chi connectivity index (χ1n) is 5.43. The van der Waals surface area contributed by atoms with Gasteiger partial charge in [-0.3, -0.25) is 0 Å². The largest absolute Gasteiger partial charge is 0.403 e. The average Bonchev–Trinajstić information content (AvgIpc) is 1.99. The van der Waals surface area contributed by atoms with Crippen LogP contribution in [0, 0.1) is 17.8 Å². The van der Waals surface area contributed by atoms with Crippen LogP contribution >= 0.6 is 0 Å². The van der Waals surface area contributed by atoms with Crippen molar-refractivity contribution >= 4 is 0 Å². The van der Waals surface area contributed by atoms with Crippen molar-refractivity contribution in [2.45, 2.75) is 36.3 Å². The zero-order valence-electron chi connectivity index (χ0n) is 10.4. The molecular formula is C9H3F15. The highest BCUT2D eigenvalue weighted by molar-refractivity contribution is 5.15. The van der Waals surface area contributed by atoms with E-state index in [1.54, 1.807) is 0 Å². The molecule has 0 N–H and O–H groups in total. The molecule has 0 bridgehead atoms. The molecule has 1 aliphatic rings. The normalized spacial score (nSPS) is 33.4. The Morgan fingerprint density at radius 1 is 0.375 bits per heavy atom. The Labute approximate surface area is 121 Å². The highest BCUT2D eigenvalue weighted by Crippen LogP contribution is 2.68. The van der Waals surface area contributed by atoms with Crippen LogP contribution in [-0.2, 0) is 0 Å². The van der Waals surface area contributed by atoms with Crippen molar-refractivity contribution in [3.05, 3.63) is 0 Å². The topological polar surface area (TPSA) is 0 Å². The lowest BCUT2D eigenvalue weighted by Crippen LogP contribution is -2.74. The van der Waals surface area contributed by atoms with Gasteiger partial charge >= 0.3 is 18.5 Å². The maximum absolute atomic E-state index is 13.3. The third-order valence-corrected chi connectivity index (χ3v) is 3.29. The summed E-state index contributed by atoms with van der Waals surface area (Å²) in [4.78, 5) is 0. The van der Waals surface area contributed by atoms with Gasteiger partial charge in [0.1, 0.15) is 0 Å². The van der Waals surface area contributed by atoms with E-state index in [4.69, 9.17) is 0 Å². The molecule has 0 atom stereocenters. The second kappa shape index (κ2) is 4.99. The van der Waals surface area contributed by atoms with Crippen LogP contribution in [-0.4, -0.2) is 36.3 Å². The minimum atomic E-state index is -7.03. The van der Waals surface area contributed by atoms with E-state index in [0.29, 0.717) is 0 Å². The highest BCUT2D eigenvalue weighted by atomic mass is 19.4. The van der Waals surface area contributed by atoms with Crippen LogP contribution in [0.15, 0.2) is 0 Å². The van der Waals surface area contributed by atoms with Crippen LogP contribution in [0.3, 0.4) is 0 Å². The maximum atomic E-state index is 13.3. The maximum Gasteiger partial charge on any atom is 0.403 e. The number of halogens is 15. The first-order valence-corrected chi connectivity index (χ1v) is 5.43. The van der Waals surface area contributed by atoms with Crippen LogP contribution in [0.1, 0.15) is 0 Å². The highest BCUT2D eigenvalue weighted by Gasteiger charge is 2.90. The molecule has 0 aromatic carbocycles. The molecule has 1 rings (SSSR count). The Kier molecular flexibility index (Phi) is 4.36. The Hall–Kier alpha value is -1.05. The summed E-state index contributed by atoms with van der Waals surface area (Å²) in [5.74, 6) is -38.6. The van der Waals surface area contributed by atoms with E-state index < -0.39 is 54.1 Å². The molecule has 0 heterocycles. The van der Waals surface area contributed by atoms with Crippen molar-refractivity contribution in [2.24, 2.45) is 17.8 Å². The number of alkyl halides is 15. The molecule has 24 heavy (non-hydrogen) atoms. The zero-order valence-corrected chi connectivity index (χ0v) is 10.4. The van der Waals surface area contributed by atoms with Gasteiger partial charge in [-0.05, 0) is 0 Å². The third-order valence-electron chi connectivity index (χ3n) is 3.29. The Morgan fingerprint density at radius 2 is 0.500 bits per heavy atom. The predicted molar refractivity (Wildman–Crippen MR) is 43.5 cm³/mol. The SMILES string of the molecule is FC(F)(F)C1C(F)(F)C(C(F)(F)F)C(F)(F)C(C(F)(F)F)C1(F)F. The van der Waals surface area contributed by atoms with E-state index in [1.165, 1.54) is 0 Å². The van der Waals surface area contributed by atoms with Crippen molar-refractivity contribution in [2.75, 3.05) is 0 Å². The van der Waals surface area contributed by atoms with Gasteiger partial charge in [-0.2, -0.15) is 39.5 Å². The van der Waals surface area contributed by atoms with E-state index in [1.807, 2.05) is 0 Å². The molecular weight excluding hydrogens is 393 g/mol. The number of rotatable bonds is 0. The lowest BCUT2D eigenvalue weighted by molar-refractivity contribution is -0.451. The molecule has 0 nitrogen and oxygen atoms in total. The molecule has 1 fully saturated rings. The first-order chi connectivity index (χ1) is 10.1. The lowest BCUT2D eigenvalue weighted by Gasteiger charge is -2.51. The number of hydrogen-bond donors (Lipinski definition) is 0. The smallest absolute Gasteiger partial charge is 0.205 e. The zero-order chi connectivity index (χ0) is 19.7. The average molecular weight is 396 g/mol. The summed E-state index contributed by atoms with van der Waals surface area (Å²) in [6.07, 6.45) is -21.1. The van der Waals surface area contributed by atoms with Gasteiger partial charge in [0.2, 0.25) is 0 Å². The summed E-state index contributed by atoms with van der Waals surface area (Å²) in [5, 5.41) is 0. The molecule has 144 valence electrons. The fourth-order valence-electron chi connectivity index (χ4n) is 2.58. The molecule has 15 heteroatoms. The molecule has 0 radical (unpaired) electrons. The Bertz CT molecular complexity index is 387. The van der Waals surface area contributed by atoms with E-state index in [9.17, 15) is 65.9 Å². The summed E-state index contributed by atoms with van der Waals surface area (Å²) >= 11 is 0. The van der Waals surface area contributed by atoms with Gasteiger partial charge in [0.15, 0.2) is 17.8 Å². The van der Waals surface area contributed by atoms with Crippen LogP contribution in [0.2, 0.25) is 0 Å². The van der Waals surface area contributed by atoms with E-state index >= 15 is 0 Å². The third kappa shape index (κ3) is 2.97. The van der Waals surface area contributed by atoms with Crippen LogP contribution < -0.4 is 0 Å². The minimum absolute atomic E-state index is 5.91. The predicted octanol–water partition coefficient (Wildman–Crippen LogP) is 5.44. The monoisotopic (exact) mass is 396 g/mol. The summed E-state index contributed by atoms with van der Waals surface area (Å²) in [6.45, 7) is 0. The van der Waals surface area contributed by atoms with E-state index in [-0.39, 0.29) is 0 Å². The van der Waals surface area contributed by atoms with Gasteiger partial charge in [-0.25, -0.2) is 26.3 Å². The number of hydrogen-bond acceptors (Lipinski definition) is 0. The molecule has 1 saturated carbocycles. The molecule has 0 aliphatic heterocycles. The molecule has 0 unspecified atom stereocenters. The molecule has 0 amide bonds. The fourth-order valence-corrected chi connectivity index (χ4v) is 2.58.